The maximum atomic E-state index is 12.6. The molecule has 0 N–H and O–H groups in total. The Morgan fingerprint density at radius 1 is 1.15 bits per heavy atom. The smallest absolute Gasteiger partial charge is 0.184 e. The quantitative estimate of drug-likeness (QED) is 0.688. The molecule has 0 aliphatic carbocycles. The lowest BCUT2D eigenvalue weighted by molar-refractivity contribution is 0.0978. The first-order chi connectivity index (χ1) is 9.52. The number of benzene rings is 2. The van der Waals surface area contributed by atoms with Crippen LogP contribution in [-0.2, 0) is 0 Å². The second kappa shape index (κ2) is 6.34. The molecular formula is C16H11Br2NO. The summed E-state index contributed by atoms with van der Waals surface area (Å²) in [5.74, 6) is -0.956. The van der Waals surface area contributed by atoms with Gasteiger partial charge in [-0.05, 0) is 48.4 Å². The average molecular weight is 393 g/mol. The highest BCUT2D eigenvalue weighted by atomic mass is 79.9. The Kier molecular flexibility index (Phi) is 4.74. The average Bonchev–Trinajstić information content (AvgIpc) is 2.39. The van der Waals surface area contributed by atoms with Gasteiger partial charge in [0.05, 0.1) is 6.07 Å². The second-order valence-corrected chi connectivity index (χ2v) is 6.27. The van der Waals surface area contributed by atoms with Gasteiger partial charge in [0, 0.05) is 14.5 Å². The molecule has 1 unspecified atom stereocenters. The molecule has 20 heavy (non-hydrogen) atoms. The molecule has 4 heteroatoms. The van der Waals surface area contributed by atoms with Crippen LogP contribution in [0.4, 0.5) is 0 Å². The van der Waals surface area contributed by atoms with Crippen LogP contribution < -0.4 is 0 Å². The summed E-state index contributed by atoms with van der Waals surface area (Å²) < 4.78 is 1.78. The Labute approximate surface area is 134 Å². The Morgan fingerprint density at radius 2 is 1.85 bits per heavy atom. The zero-order chi connectivity index (χ0) is 14.7. The van der Waals surface area contributed by atoms with Gasteiger partial charge in [-0.25, -0.2) is 0 Å². The van der Waals surface area contributed by atoms with Gasteiger partial charge >= 0.3 is 0 Å². The van der Waals surface area contributed by atoms with Crippen LogP contribution in [0, 0.1) is 18.3 Å². The van der Waals surface area contributed by atoms with E-state index < -0.39 is 5.92 Å². The van der Waals surface area contributed by atoms with Gasteiger partial charge in [0.15, 0.2) is 5.78 Å². The number of hydrogen-bond donors (Lipinski definition) is 0. The first kappa shape index (κ1) is 15.0. The van der Waals surface area contributed by atoms with Gasteiger partial charge in [-0.3, -0.25) is 4.79 Å². The number of nitrogens with zero attached hydrogens (tertiary/aromatic N) is 1. The molecule has 2 aromatic rings. The predicted octanol–water partition coefficient (Wildman–Crippen LogP) is 5.01. The van der Waals surface area contributed by atoms with Crippen LogP contribution in [0.25, 0.3) is 0 Å². The zero-order valence-electron chi connectivity index (χ0n) is 10.7. The highest BCUT2D eigenvalue weighted by molar-refractivity contribution is 9.10. The molecule has 0 radical (unpaired) electrons. The van der Waals surface area contributed by atoms with Crippen molar-refractivity contribution in [2.75, 3.05) is 0 Å². The summed E-state index contributed by atoms with van der Waals surface area (Å²) in [5, 5.41) is 9.35. The number of carbonyl (C=O) groups is 1. The van der Waals surface area contributed by atoms with Crippen molar-refractivity contribution in [3.63, 3.8) is 0 Å². The lowest BCUT2D eigenvalue weighted by Gasteiger charge is -2.11. The van der Waals surface area contributed by atoms with E-state index in [0.717, 1.165) is 14.5 Å². The molecule has 100 valence electrons. The lowest BCUT2D eigenvalue weighted by atomic mass is 9.90. The van der Waals surface area contributed by atoms with E-state index in [1.54, 1.807) is 18.2 Å². The molecule has 2 rings (SSSR count). The molecule has 0 aliphatic heterocycles. The minimum Gasteiger partial charge on any atom is -0.292 e. The topological polar surface area (TPSA) is 40.9 Å². The molecular weight excluding hydrogens is 382 g/mol. The molecule has 2 nitrogen and oxygen atoms in total. The van der Waals surface area contributed by atoms with E-state index in [-0.39, 0.29) is 5.78 Å². The minimum absolute atomic E-state index is 0.171. The highest BCUT2D eigenvalue weighted by Crippen LogP contribution is 2.26. The molecule has 1 atom stereocenters. The number of halogens is 2. The van der Waals surface area contributed by atoms with Crippen molar-refractivity contribution in [3.05, 3.63) is 68.1 Å². The fraction of sp³-hybridized carbons (Fsp3) is 0.125. The normalized spacial score (nSPS) is 11.7. The van der Waals surface area contributed by atoms with E-state index in [9.17, 15) is 10.1 Å². The maximum Gasteiger partial charge on any atom is 0.184 e. The molecule has 2 aromatic carbocycles. The summed E-state index contributed by atoms with van der Waals surface area (Å²) in [5.41, 5.74) is 2.15. The number of rotatable bonds is 3. The third kappa shape index (κ3) is 3.17. The number of hydrogen-bond acceptors (Lipinski definition) is 2. The van der Waals surface area contributed by atoms with E-state index in [1.807, 2.05) is 31.2 Å². The molecule has 0 heterocycles. The Bertz CT molecular complexity index is 704. The fourth-order valence-electron chi connectivity index (χ4n) is 2.03. The molecule has 0 aliphatic rings. The van der Waals surface area contributed by atoms with Crippen molar-refractivity contribution < 1.29 is 4.79 Å². The zero-order valence-corrected chi connectivity index (χ0v) is 13.9. The molecule has 0 aromatic heterocycles. The van der Waals surface area contributed by atoms with Gasteiger partial charge in [-0.2, -0.15) is 5.26 Å². The van der Waals surface area contributed by atoms with Crippen molar-refractivity contribution in [1.29, 1.82) is 5.26 Å². The lowest BCUT2D eigenvalue weighted by Crippen LogP contribution is -2.12. The van der Waals surface area contributed by atoms with Gasteiger partial charge in [-0.15, -0.1) is 0 Å². The van der Waals surface area contributed by atoms with Gasteiger partial charge in [0.25, 0.3) is 0 Å². The van der Waals surface area contributed by atoms with Gasteiger partial charge in [-0.1, -0.05) is 44.0 Å². The molecule has 0 bridgehead atoms. The number of Topliss-reactive ketones (excluding diaryl/α,β-unsaturated/α-hetero) is 1. The van der Waals surface area contributed by atoms with Crippen LogP contribution in [0.2, 0.25) is 0 Å². The molecule has 0 amide bonds. The molecule has 0 spiro atoms. The number of carbonyl (C=O) groups excluding carboxylic acids is 1. The van der Waals surface area contributed by atoms with Crippen LogP contribution in [0.5, 0.6) is 0 Å². The summed E-state index contributed by atoms with van der Waals surface area (Å²) >= 11 is 6.73. The molecule has 0 saturated heterocycles. The van der Waals surface area contributed by atoms with Crippen molar-refractivity contribution in [3.8, 4) is 6.07 Å². The first-order valence-electron chi connectivity index (χ1n) is 5.98. The van der Waals surface area contributed by atoms with Crippen LogP contribution in [0.1, 0.15) is 27.4 Å². The first-order valence-corrected chi connectivity index (χ1v) is 7.57. The third-order valence-corrected chi connectivity index (χ3v) is 4.01. The Balaban J connectivity index is 2.42. The summed E-state index contributed by atoms with van der Waals surface area (Å²) in [6.07, 6.45) is 0. The monoisotopic (exact) mass is 391 g/mol. The minimum atomic E-state index is -0.785. The van der Waals surface area contributed by atoms with Crippen LogP contribution in [0.15, 0.2) is 51.4 Å². The second-order valence-electron chi connectivity index (χ2n) is 4.44. The van der Waals surface area contributed by atoms with Crippen LogP contribution in [0.3, 0.4) is 0 Å². The number of nitriles is 1. The fourth-order valence-corrected chi connectivity index (χ4v) is 2.92. The van der Waals surface area contributed by atoms with Gasteiger partial charge < -0.3 is 0 Å². The Morgan fingerprint density at radius 3 is 2.45 bits per heavy atom. The van der Waals surface area contributed by atoms with E-state index in [0.29, 0.717) is 11.1 Å². The standard InChI is InChI=1S/C16H11Br2NO/c1-10-7-13(18)5-6-14(10)16(20)15(9-19)11-3-2-4-12(17)8-11/h2-8,15H,1H3. The molecule has 0 fully saturated rings. The van der Waals surface area contributed by atoms with Crippen LogP contribution in [-0.4, -0.2) is 5.78 Å². The predicted molar refractivity (Wildman–Crippen MR) is 85.7 cm³/mol. The van der Waals surface area contributed by atoms with Gasteiger partial charge in [0.2, 0.25) is 0 Å². The number of ketones is 1. The summed E-state index contributed by atoms with van der Waals surface area (Å²) in [6.45, 7) is 1.87. The summed E-state index contributed by atoms with van der Waals surface area (Å²) in [4.78, 5) is 12.6. The largest absolute Gasteiger partial charge is 0.292 e. The SMILES string of the molecule is Cc1cc(Br)ccc1C(=O)C(C#N)c1cccc(Br)c1. The van der Waals surface area contributed by atoms with Crippen molar-refractivity contribution >= 4 is 37.6 Å². The highest BCUT2D eigenvalue weighted by Gasteiger charge is 2.23. The maximum absolute atomic E-state index is 12.6. The third-order valence-electron chi connectivity index (χ3n) is 3.03. The van der Waals surface area contributed by atoms with Crippen molar-refractivity contribution in [2.45, 2.75) is 12.8 Å². The van der Waals surface area contributed by atoms with Crippen molar-refractivity contribution in [2.24, 2.45) is 0 Å². The summed E-state index contributed by atoms with van der Waals surface area (Å²) in [7, 11) is 0. The molecule has 0 saturated carbocycles. The Hall–Kier alpha value is -1.44. The van der Waals surface area contributed by atoms with Crippen LogP contribution >= 0.6 is 31.9 Å². The van der Waals surface area contributed by atoms with Crippen molar-refractivity contribution in [1.82, 2.24) is 0 Å². The van der Waals surface area contributed by atoms with E-state index in [4.69, 9.17) is 0 Å². The number of aryl methyl sites for hydroxylation is 1. The van der Waals surface area contributed by atoms with E-state index >= 15 is 0 Å². The van der Waals surface area contributed by atoms with Gasteiger partial charge in [0.1, 0.15) is 5.92 Å². The van der Waals surface area contributed by atoms with E-state index in [2.05, 4.69) is 37.9 Å². The van der Waals surface area contributed by atoms with E-state index in [1.165, 1.54) is 0 Å². The summed E-state index contributed by atoms with van der Waals surface area (Å²) in [6, 6.07) is 14.8.